The number of carbonyl (C=O) groups excluding carboxylic acids is 1. The van der Waals surface area contributed by atoms with Crippen molar-refractivity contribution in [2.24, 2.45) is 5.92 Å². The number of fused-ring (bicyclic) bond motifs is 1. The van der Waals surface area contributed by atoms with Crippen molar-refractivity contribution < 1.29 is 28.1 Å². The second kappa shape index (κ2) is 10.7. The van der Waals surface area contributed by atoms with Crippen molar-refractivity contribution in [1.29, 1.82) is 5.26 Å². The normalized spacial score (nSPS) is 24.0. The largest absolute Gasteiger partial charge is 0.451 e. The van der Waals surface area contributed by atoms with Crippen LogP contribution in [0.25, 0.3) is 11.2 Å². The topological polar surface area (TPSA) is 164 Å². The number of nitriles is 1. The molecule has 0 bridgehead atoms. The Hall–Kier alpha value is -2.69. The number of nitrogens with zero attached hydrogens (tertiary/aromatic N) is 4. The molecule has 3 rings (SSSR count). The number of nitrogens with one attached hydrogen (secondary N) is 2. The SMILES string of the molecule is C=COP(=S)(OCCC#N)[C@@H]1C(CO)OC(n2cnc3c(=O)[nH]c(NC(=O)C(C)C)nc32)[C@@H]1F. The fourth-order valence-electron chi connectivity index (χ4n) is 3.40. The molecule has 0 aromatic carbocycles. The molecule has 0 aliphatic carbocycles. The van der Waals surface area contributed by atoms with Gasteiger partial charge in [-0.15, -0.1) is 0 Å². The van der Waals surface area contributed by atoms with Crippen LogP contribution in [0.4, 0.5) is 10.3 Å². The number of aromatic amines is 1. The van der Waals surface area contributed by atoms with Gasteiger partial charge in [0.1, 0.15) is 5.66 Å². The smallest absolute Gasteiger partial charge is 0.280 e. The van der Waals surface area contributed by atoms with E-state index in [0.29, 0.717) is 0 Å². The number of aromatic nitrogens is 4. The Labute approximate surface area is 198 Å². The first kappa shape index (κ1) is 25.9. The Bertz CT molecular complexity index is 1210. The average Bonchev–Trinajstić information content (AvgIpc) is 3.35. The van der Waals surface area contributed by atoms with Crippen LogP contribution in [0.1, 0.15) is 26.5 Å². The van der Waals surface area contributed by atoms with E-state index < -0.39 is 42.8 Å². The summed E-state index contributed by atoms with van der Waals surface area (Å²) in [5, 5.41) is 21.1. The molecule has 1 aliphatic heterocycles. The van der Waals surface area contributed by atoms with Gasteiger partial charge in [0, 0.05) is 5.92 Å². The minimum absolute atomic E-state index is 0.000369. The highest BCUT2D eigenvalue weighted by Crippen LogP contribution is 2.61. The van der Waals surface area contributed by atoms with Crippen molar-refractivity contribution >= 4 is 41.3 Å². The number of halogens is 1. The zero-order valence-electron chi connectivity index (χ0n) is 18.4. The van der Waals surface area contributed by atoms with Crippen molar-refractivity contribution in [3.8, 4) is 6.07 Å². The van der Waals surface area contributed by atoms with Crippen molar-refractivity contribution in [3.63, 3.8) is 0 Å². The predicted molar refractivity (Wildman–Crippen MR) is 123 cm³/mol. The number of aliphatic hydroxyl groups is 1. The Morgan fingerprint density at radius 2 is 2.35 bits per heavy atom. The lowest BCUT2D eigenvalue weighted by Gasteiger charge is -2.29. The summed E-state index contributed by atoms with van der Waals surface area (Å²) in [5.41, 5.74) is -2.01. The van der Waals surface area contributed by atoms with E-state index in [1.54, 1.807) is 13.8 Å². The zero-order chi connectivity index (χ0) is 25.0. The van der Waals surface area contributed by atoms with Crippen LogP contribution in [0, 0.1) is 17.2 Å². The van der Waals surface area contributed by atoms with Crippen molar-refractivity contribution in [3.05, 3.63) is 29.5 Å². The summed E-state index contributed by atoms with van der Waals surface area (Å²) < 4.78 is 33.8. The van der Waals surface area contributed by atoms with Crippen LogP contribution in [0.2, 0.25) is 0 Å². The lowest BCUT2D eigenvalue weighted by molar-refractivity contribution is -0.118. The molecule has 0 saturated carbocycles. The van der Waals surface area contributed by atoms with Gasteiger partial charge in [0.05, 0.1) is 44.4 Å². The van der Waals surface area contributed by atoms with E-state index in [1.807, 2.05) is 6.07 Å². The molecule has 3 N–H and O–H groups in total. The number of H-pyrrole nitrogens is 1. The van der Waals surface area contributed by atoms with Gasteiger partial charge in [0.15, 0.2) is 23.6 Å². The Morgan fingerprint density at radius 3 is 2.97 bits per heavy atom. The number of rotatable bonds is 10. The Kier molecular flexibility index (Phi) is 8.17. The lowest BCUT2D eigenvalue weighted by atomic mass is 10.2. The first-order chi connectivity index (χ1) is 16.2. The number of amides is 1. The zero-order valence-corrected chi connectivity index (χ0v) is 20.1. The second-order valence-corrected chi connectivity index (χ2v) is 11.3. The summed E-state index contributed by atoms with van der Waals surface area (Å²) in [5.74, 6) is -0.895. The maximum Gasteiger partial charge on any atom is 0.280 e. The summed E-state index contributed by atoms with van der Waals surface area (Å²) in [4.78, 5) is 35.1. The molecule has 184 valence electrons. The van der Waals surface area contributed by atoms with Crippen LogP contribution in [0.5, 0.6) is 0 Å². The van der Waals surface area contributed by atoms with Crippen molar-refractivity contribution in [2.45, 2.75) is 44.4 Å². The van der Waals surface area contributed by atoms with Gasteiger partial charge in [0.25, 0.3) is 5.56 Å². The maximum atomic E-state index is 15.9. The van der Waals surface area contributed by atoms with Gasteiger partial charge < -0.3 is 18.9 Å². The van der Waals surface area contributed by atoms with Crippen molar-refractivity contribution in [2.75, 3.05) is 18.5 Å². The number of hydrogen-bond acceptors (Lipinski definition) is 10. The van der Waals surface area contributed by atoms with Gasteiger partial charge in [-0.25, -0.2) is 9.37 Å². The van der Waals surface area contributed by atoms with Crippen molar-refractivity contribution in [1.82, 2.24) is 19.5 Å². The number of hydrogen-bond donors (Lipinski definition) is 3. The van der Waals surface area contributed by atoms with E-state index in [-0.39, 0.29) is 42.0 Å². The number of carbonyl (C=O) groups is 1. The third kappa shape index (κ3) is 5.03. The van der Waals surface area contributed by atoms with Gasteiger partial charge in [-0.05, 0) is 11.8 Å². The quantitative estimate of drug-likeness (QED) is 0.241. The Morgan fingerprint density at radius 1 is 1.62 bits per heavy atom. The molecule has 2 aromatic rings. The van der Waals surface area contributed by atoms with Crippen LogP contribution in [-0.4, -0.2) is 61.7 Å². The van der Waals surface area contributed by atoms with Gasteiger partial charge >= 0.3 is 0 Å². The number of aliphatic hydroxyl groups excluding tert-OH is 1. The molecule has 0 radical (unpaired) electrons. The summed E-state index contributed by atoms with van der Waals surface area (Å²) in [6.45, 7) is 2.64. The van der Waals surface area contributed by atoms with E-state index in [2.05, 4.69) is 26.8 Å². The van der Waals surface area contributed by atoms with Gasteiger partial charge in [-0.3, -0.25) is 24.5 Å². The summed E-state index contributed by atoms with van der Waals surface area (Å²) in [6.07, 6.45) is -2.17. The summed E-state index contributed by atoms with van der Waals surface area (Å²) >= 11 is 5.50. The molecular weight excluding hydrogens is 490 g/mol. The molecule has 3 unspecified atom stereocenters. The summed E-state index contributed by atoms with van der Waals surface area (Å²) in [7, 11) is 0. The summed E-state index contributed by atoms with van der Waals surface area (Å²) in [6, 6.07) is 1.90. The lowest BCUT2D eigenvalue weighted by Crippen LogP contribution is -2.32. The first-order valence-corrected chi connectivity index (χ1v) is 13.0. The predicted octanol–water partition coefficient (Wildman–Crippen LogP) is 1.71. The molecular formula is C19H24FN6O6PS. The molecule has 0 spiro atoms. The maximum absolute atomic E-state index is 15.9. The van der Waals surface area contributed by atoms with E-state index in [1.165, 1.54) is 10.9 Å². The van der Waals surface area contributed by atoms with E-state index in [0.717, 1.165) is 6.26 Å². The molecule has 34 heavy (non-hydrogen) atoms. The van der Waals surface area contributed by atoms with E-state index >= 15 is 4.39 Å². The molecule has 2 aromatic heterocycles. The molecule has 15 heteroatoms. The minimum atomic E-state index is -3.45. The number of anilines is 1. The molecule has 1 aliphatic rings. The number of alkyl halides is 1. The monoisotopic (exact) mass is 514 g/mol. The van der Waals surface area contributed by atoms with E-state index in [4.69, 9.17) is 30.9 Å². The second-order valence-electron chi connectivity index (χ2n) is 7.62. The third-order valence-corrected chi connectivity index (χ3v) is 8.66. The van der Waals surface area contributed by atoms with Crippen LogP contribution >= 0.6 is 6.49 Å². The third-order valence-electron chi connectivity index (χ3n) is 5.02. The Balaban J connectivity index is 2.00. The minimum Gasteiger partial charge on any atom is -0.451 e. The number of imidazole rings is 1. The fraction of sp³-hybridized carbons (Fsp3) is 0.526. The molecule has 3 heterocycles. The number of ether oxygens (including phenoxy) is 1. The van der Waals surface area contributed by atoms with Gasteiger partial charge in [0.2, 0.25) is 18.3 Å². The fourth-order valence-corrected chi connectivity index (χ4v) is 6.56. The van der Waals surface area contributed by atoms with E-state index in [9.17, 15) is 14.7 Å². The molecule has 1 saturated heterocycles. The first-order valence-electron chi connectivity index (χ1n) is 10.3. The highest BCUT2D eigenvalue weighted by atomic mass is 32.5. The standard InChI is InChI=1S/C19H24FN6O6PS/c1-4-30-33(34,31-7-5-6-21)14-11(8-27)32-18(12(14)20)26-9-22-13-15(26)23-19(25-17(13)29)24-16(28)10(2)3/h4,9-12,14,18,27H,1,5,7-8H2,2-3H3,(H2,23,24,25,28,29)/t11?,12-,14-,18?,33?/m1/s1. The van der Waals surface area contributed by atoms with Crippen LogP contribution in [0.15, 0.2) is 24.0 Å². The molecule has 1 fully saturated rings. The molecule has 5 atom stereocenters. The van der Waals surface area contributed by atoms with Gasteiger partial charge in [-0.2, -0.15) is 10.2 Å². The van der Waals surface area contributed by atoms with Gasteiger partial charge in [-0.1, -0.05) is 20.4 Å². The van der Waals surface area contributed by atoms with Crippen LogP contribution in [-0.2, 0) is 30.4 Å². The van der Waals surface area contributed by atoms with Crippen LogP contribution in [0.3, 0.4) is 0 Å². The van der Waals surface area contributed by atoms with Crippen LogP contribution < -0.4 is 10.9 Å². The molecule has 12 nitrogen and oxygen atoms in total. The highest BCUT2D eigenvalue weighted by Gasteiger charge is 2.55. The average molecular weight is 514 g/mol. The molecule has 1 amide bonds. The highest BCUT2D eigenvalue weighted by molar-refractivity contribution is 8.10.